The van der Waals surface area contributed by atoms with E-state index in [1.165, 1.54) is 15.8 Å². The number of rotatable bonds is 9. The molecule has 0 N–H and O–H groups in total. The van der Waals surface area contributed by atoms with E-state index in [-0.39, 0.29) is 34.7 Å². The van der Waals surface area contributed by atoms with Crippen molar-refractivity contribution in [3.63, 3.8) is 0 Å². The topological polar surface area (TPSA) is 61.4 Å². The molecule has 1 aliphatic heterocycles. The van der Waals surface area contributed by atoms with Crippen LogP contribution in [0.5, 0.6) is 5.75 Å². The monoisotopic (exact) mass is 689 g/mol. The smallest absolute Gasteiger partial charge is 0.267 e. The lowest BCUT2D eigenvalue weighted by Crippen LogP contribution is -3.00. The molecule has 7 rings (SSSR count). The standard InChI is InChI=1S/C39H40N5O2.BrH/c1-29(2)43-36(45)21-20-34(40-43)37-38(32-17-10-5-11-18-32)41-42-24-12-19-35(39(37)42)46-33-22-25-44(26-23-33,27-30-13-6-3-7-14-30)28-31-15-8-4-9-16-31;/h3-21,24,29,33H,22-23,25-28H2,1-2H3;1H/q+1;/p-1. The zero-order chi connectivity index (χ0) is 31.5. The second-order valence-electron chi connectivity index (χ2n) is 12.7. The number of likely N-dealkylation sites (tertiary alicyclic amines) is 1. The van der Waals surface area contributed by atoms with Gasteiger partial charge in [0.25, 0.3) is 5.56 Å². The summed E-state index contributed by atoms with van der Waals surface area (Å²) in [5, 5.41) is 9.86. The highest BCUT2D eigenvalue weighted by molar-refractivity contribution is 5.93. The lowest BCUT2D eigenvalue weighted by molar-refractivity contribution is -0.958. The van der Waals surface area contributed by atoms with Gasteiger partial charge in [-0.3, -0.25) is 4.79 Å². The molecule has 0 amide bonds. The van der Waals surface area contributed by atoms with Crippen molar-refractivity contribution < 1.29 is 26.2 Å². The number of pyridine rings is 1. The van der Waals surface area contributed by atoms with Gasteiger partial charge in [-0.05, 0) is 32.0 Å². The van der Waals surface area contributed by atoms with Crippen LogP contribution in [0.1, 0.15) is 43.9 Å². The molecule has 4 heterocycles. The largest absolute Gasteiger partial charge is 1.00 e. The van der Waals surface area contributed by atoms with Crippen LogP contribution in [0.25, 0.3) is 28.0 Å². The zero-order valence-corrected chi connectivity index (χ0v) is 28.5. The van der Waals surface area contributed by atoms with Crippen molar-refractivity contribution in [2.24, 2.45) is 0 Å². The summed E-state index contributed by atoms with van der Waals surface area (Å²) in [7, 11) is 0. The summed E-state index contributed by atoms with van der Waals surface area (Å²) in [4.78, 5) is 12.7. The second-order valence-corrected chi connectivity index (χ2v) is 12.7. The number of halogens is 1. The first-order chi connectivity index (χ1) is 22.5. The van der Waals surface area contributed by atoms with E-state index in [9.17, 15) is 4.79 Å². The molecule has 0 radical (unpaired) electrons. The van der Waals surface area contributed by atoms with E-state index in [2.05, 4.69) is 72.8 Å². The van der Waals surface area contributed by atoms with E-state index in [1.807, 2.05) is 54.9 Å². The highest BCUT2D eigenvalue weighted by Crippen LogP contribution is 2.39. The van der Waals surface area contributed by atoms with E-state index >= 15 is 0 Å². The van der Waals surface area contributed by atoms with Gasteiger partial charge in [0.1, 0.15) is 36.2 Å². The number of nitrogens with zero attached hydrogens (tertiary/aromatic N) is 5. The van der Waals surface area contributed by atoms with Gasteiger partial charge in [0.2, 0.25) is 0 Å². The highest BCUT2D eigenvalue weighted by atomic mass is 79.9. The van der Waals surface area contributed by atoms with Crippen molar-refractivity contribution >= 4 is 5.52 Å². The average Bonchev–Trinajstić information content (AvgIpc) is 3.48. The summed E-state index contributed by atoms with van der Waals surface area (Å²) in [6.07, 6.45) is 3.93. The van der Waals surface area contributed by atoms with Crippen molar-refractivity contribution in [3.8, 4) is 28.3 Å². The van der Waals surface area contributed by atoms with Crippen LogP contribution in [-0.4, -0.2) is 43.1 Å². The van der Waals surface area contributed by atoms with Gasteiger partial charge < -0.3 is 26.2 Å². The fourth-order valence-electron chi connectivity index (χ4n) is 6.84. The Morgan fingerprint density at radius 2 is 1.36 bits per heavy atom. The molecular formula is C39H40BrN5O2. The number of fused-ring (bicyclic) bond motifs is 1. The number of hydrogen-bond acceptors (Lipinski definition) is 4. The van der Waals surface area contributed by atoms with E-state index in [0.717, 1.165) is 71.6 Å². The zero-order valence-electron chi connectivity index (χ0n) is 26.9. The third-order valence-corrected chi connectivity index (χ3v) is 9.10. The number of aromatic nitrogens is 4. The van der Waals surface area contributed by atoms with Gasteiger partial charge in [-0.25, -0.2) is 9.20 Å². The average molecular weight is 691 g/mol. The van der Waals surface area contributed by atoms with Crippen molar-refractivity contribution in [2.75, 3.05) is 13.1 Å². The quantitative estimate of drug-likeness (QED) is 0.209. The van der Waals surface area contributed by atoms with Gasteiger partial charge in [0.15, 0.2) is 0 Å². The highest BCUT2D eigenvalue weighted by Gasteiger charge is 2.36. The Hall–Kier alpha value is -4.53. The Labute approximate surface area is 286 Å². The molecule has 3 aromatic heterocycles. The molecular weight excluding hydrogens is 650 g/mol. The first-order valence-corrected chi connectivity index (χ1v) is 16.2. The molecule has 0 aliphatic carbocycles. The Bertz CT molecular complexity index is 1940. The van der Waals surface area contributed by atoms with Crippen LogP contribution < -0.4 is 27.3 Å². The lowest BCUT2D eigenvalue weighted by Gasteiger charge is -2.44. The molecule has 1 fully saturated rings. The number of ether oxygens (including phenoxy) is 1. The SMILES string of the molecule is CC(C)n1nc(-c2c(-c3ccccc3)nn3cccc(OC4CC[N+](Cc5ccccc5)(Cc5ccccc5)CC4)c23)ccc1=O.[Br-]. The predicted molar refractivity (Wildman–Crippen MR) is 182 cm³/mol. The van der Waals surface area contributed by atoms with E-state index in [0.29, 0.717) is 5.69 Å². The van der Waals surface area contributed by atoms with Crippen LogP contribution >= 0.6 is 0 Å². The molecule has 240 valence electrons. The minimum Gasteiger partial charge on any atom is -1.00 e. The summed E-state index contributed by atoms with van der Waals surface area (Å²) < 4.78 is 11.3. The van der Waals surface area contributed by atoms with Crippen molar-refractivity contribution in [1.29, 1.82) is 0 Å². The molecule has 1 aliphatic rings. The molecule has 47 heavy (non-hydrogen) atoms. The molecule has 0 spiro atoms. The van der Waals surface area contributed by atoms with Crippen LogP contribution in [0, 0.1) is 0 Å². The first-order valence-electron chi connectivity index (χ1n) is 16.2. The molecule has 6 aromatic rings. The summed E-state index contributed by atoms with van der Waals surface area (Å²) in [5.74, 6) is 0.785. The Balaban J connectivity index is 0.00000386. The Kier molecular flexibility index (Phi) is 9.71. The molecule has 1 saturated heterocycles. The molecule has 0 unspecified atom stereocenters. The summed E-state index contributed by atoms with van der Waals surface area (Å²) >= 11 is 0. The summed E-state index contributed by atoms with van der Waals surface area (Å²) in [6, 6.07) is 39.2. The molecule has 7 nitrogen and oxygen atoms in total. The number of benzene rings is 3. The van der Waals surface area contributed by atoms with Crippen LogP contribution in [0.3, 0.4) is 0 Å². The Morgan fingerprint density at radius 1 is 0.766 bits per heavy atom. The molecule has 0 atom stereocenters. The lowest BCUT2D eigenvalue weighted by atomic mass is 10.0. The fraction of sp³-hybridized carbons (Fsp3) is 0.256. The second kappa shape index (κ2) is 14.1. The predicted octanol–water partition coefficient (Wildman–Crippen LogP) is 4.57. The molecule has 8 heteroatoms. The van der Waals surface area contributed by atoms with Gasteiger partial charge in [-0.2, -0.15) is 10.2 Å². The van der Waals surface area contributed by atoms with E-state index in [4.69, 9.17) is 14.9 Å². The number of hydrogen-bond donors (Lipinski definition) is 0. The third-order valence-electron chi connectivity index (χ3n) is 9.10. The maximum atomic E-state index is 12.7. The number of quaternary nitrogens is 1. The third kappa shape index (κ3) is 6.94. The summed E-state index contributed by atoms with van der Waals surface area (Å²) in [5.41, 5.74) is 6.84. The van der Waals surface area contributed by atoms with E-state index < -0.39 is 0 Å². The normalized spacial score (nSPS) is 14.6. The minimum absolute atomic E-state index is 0. The van der Waals surface area contributed by atoms with Crippen LogP contribution in [0.15, 0.2) is 126 Å². The van der Waals surface area contributed by atoms with Crippen LogP contribution in [0.2, 0.25) is 0 Å². The summed E-state index contributed by atoms with van der Waals surface area (Å²) in [6.45, 7) is 8.00. The number of piperidine rings is 1. The van der Waals surface area contributed by atoms with Gasteiger partial charge in [-0.15, -0.1) is 0 Å². The van der Waals surface area contributed by atoms with Crippen LogP contribution in [-0.2, 0) is 13.1 Å². The van der Waals surface area contributed by atoms with Gasteiger partial charge >= 0.3 is 0 Å². The van der Waals surface area contributed by atoms with Gasteiger partial charge in [0.05, 0.1) is 30.4 Å². The van der Waals surface area contributed by atoms with Crippen LogP contribution in [0.4, 0.5) is 0 Å². The van der Waals surface area contributed by atoms with Crippen molar-refractivity contribution in [3.05, 3.63) is 143 Å². The molecule has 0 saturated carbocycles. The molecule has 3 aromatic carbocycles. The maximum Gasteiger partial charge on any atom is 0.267 e. The Morgan fingerprint density at radius 3 is 1.96 bits per heavy atom. The van der Waals surface area contributed by atoms with Crippen molar-refractivity contribution in [1.82, 2.24) is 19.4 Å². The molecule has 0 bridgehead atoms. The first kappa shape index (κ1) is 32.4. The fourth-order valence-corrected chi connectivity index (χ4v) is 6.84. The maximum absolute atomic E-state index is 12.7. The van der Waals surface area contributed by atoms with Gasteiger partial charge in [0, 0.05) is 41.8 Å². The van der Waals surface area contributed by atoms with Crippen molar-refractivity contribution in [2.45, 2.75) is 51.9 Å². The van der Waals surface area contributed by atoms with Gasteiger partial charge in [-0.1, -0.05) is 91.0 Å². The van der Waals surface area contributed by atoms with E-state index in [1.54, 1.807) is 12.1 Å². The minimum atomic E-state index is -0.122.